The molecular formula is C16H24F3N5O2. The highest BCUT2D eigenvalue weighted by Gasteiger charge is 2.64. The zero-order chi connectivity index (χ0) is 19.2. The van der Waals surface area contributed by atoms with E-state index < -0.39 is 29.6 Å². The molecule has 2 aliphatic rings. The molecule has 2 fully saturated rings. The van der Waals surface area contributed by atoms with Crippen molar-refractivity contribution in [2.75, 3.05) is 39.3 Å². The molecule has 1 amide bonds. The maximum Gasteiger partial charge on any atom is 0.405 e. The Bertz CT molecular complexity index is 669. The standard InChI is InChI=1S/C16H24F3N5O2/c1-11-21-12(26-22-11)15(16(17,18)19)4-7-23(10-15)13(25)14(2,3)24-8-5-20-6-9-24/h20H,4-10H2,1-3H3. The lowest BCUT2D eigenvalue weighted by Crippen LogP contribution is -2.60. The Morgan fingerprint density at radius 2 is 1.88 bits per heavy atom. The van der Waals surface area contributed by atoms with Gasteiger partial charge in [0.15, 0.2) is 11.2 Å². The second-order valence-corrected chi connectivity index (χ2v) is 7.50. The van der Waals surface area contributed by atoms with Gasteiger partial charge in [0.2, 0.25) is 11.8 Å². The maximum atomic E-state index is 13.9. The summed E-state index contributed by atoms with van der Waals surface area (Å²) in [6.07, 6.45) is -4.86. The topological polar surface area (TPSA) is 74.5 Å². The highest BCUT2D eigenvalue weighted by atomic mass is 19.4. The molecule has 2 aliphatic heterocycles. The monoisotopic (exact) mass is 375 g/mol. The lowest BCUT2D eigenvalue weighted by Gasteiger charge is -2.42. The van der Waals surface area contributed by atoms with E-state index in [9.17, 15) is 18.0 Å². The van der Waals surface area contributed by atoms with E-state index in [0.717, 1.165) is 13.1 Å². The first-order valence-electron chi connectivity index (χ1n) is 8.70. The van der Waals surface area contributed by atoms with E-state index in [0.29, 0.717) is 13.1 Å². The van der Waals surface area contributed by atoms with Gasteiger partial charge in [-0.1, -0.05) is 5.16 Å². The van der Waals surface area contributed by atoms with Crippen LogP contribution in [0.4, 0.5) is 13.2 Å². The first kappa shape index (κ1) is 19.1. The van der Waals surface area contributed by atoms with E-state index in [1.807, 2.05) is 4.90 Å². The van der Waals surface area contributed by atoms with Gasteiger partial charge < -0.3 is 14.7 Å². The van der Waals surface area contributed by atoms with E-state index >= 15 is 0 Å². The summed E-state index contributed by atoms with van der Waals surface area (Å²) in [6.45, 7) is 7.40. The number of carbonyl (C=O) groups is 1. The van der Waals surface area contributed by atoms with Crippen molar-refractivity contribution in [3.05, 3.63) is 11.7 Å². The van der Waals surface area contributed by atoms with Crippen molar-refractivity contribution >= 4 is 5.91 Å². The van der Waals surface area contributed by atoms with E-state index in [4.69, 9.17) is 4.52 Å². The number of piperazine rings is 1. The third-order valence-electron chi connectivity index (χ3n) is 5.47. The van der Waals surface area contributed by atoms with Gasteiger partial charge in [-0.2, -0.15) is 18.2 Å². The Morgan fingerprint density at radius 1 is 1.23 bits per heavy atom. The van der Waals surface area contributed by atoms with Gasteiger partial charge in [-0.05, 0) is 27.2 Å². The van der Waals surface area contributed by atoms with E-state index in [-0.39, 0.29) is 24.7 Å². The maximum absolute atomic E-state index is 13.9. The summed E-state index contributed by atoms with van der Waals surface area (Å²) in [7, 11) is 0. The quantitative estimate of drug-likeness (QED) is 0.853. The number of aryl methyl sites for hydroxylation is 1. The van der Waals surface area contributed by atoms with Crippen molar-refractivity contribution < 1.29 is 22.5 Å². The molecule has 10 heteroatoms. The van der Waals surface area contributed by atoms with Gasteiger partial charge in [-0.3, -0.25) is 9.69 Å². The Labute approximate surface area is 149 Å². The van der Waals surface area contributed by atoms with Crippen LogP contribution in [-0.2, 0) is 10.2 Å². The van der Waals surface area contributed by atoms with Gasteiger partial charge in [0.1, 0.15) is 0 Å². The SMILES string of the molecule is Cc1noc(C2(C(F)(F)F)CCN(C(=O)C(C)(C)N3CCNCC3)C2)n1. The van der Waals surface area contributed by atoms with Gasteiger partial charge >= 0.3 is 6.18 Å². The van der Waals surface area contributed by atoms with Crippen LogP contribution in [0.3, 0.4) is 0 Å². The highest BCUT2D eigenvalue weighted by molar-refractivity contribution is 5.86. The van der Waals surface area contributed by atoms with Gasteiger partial charge in [-0.25, -0.2) is 0 Å². The second kappa shape index (κ2) is 6.49. The number of hydrogen-bond acceptors (Lipinski definition) is 6. The number of rotatable bonds is 3. The molecule has 0 aromatic carbocycles. The predicted molar refractivity (Wildman–Crippen MR) is 86.5 cm³/mol. The zero-order valence-electron chi connectivity index (χ0n) is 15.2. The zero-order valence-corrected chi connectivity index (χ0v) is 15.2. The van der Waals surface area contributed by atoms with Crippen molar-refractivity contribution in [3.63, 3.8) is 0 Å². The minimum absolute atomic E-state index is 0.00922. The largest absolute Gasteiger partial charge is 0.405 e. The first-order chi connectivity index (χ1) is 12.1. The number of carbonyl (C=O) groups excluding carboxylic acids is 1. The minimum atomic E-state index is -4.58. The molecule has 0 aliphatic carbocycles. The van der Waals surface area contributed by atoms with Crippen LogP contribution < -0.4 is 5.32 Å². The van der Waals surface area contributed by atoms with Crippen LogP contribution in [0.25, 0.3) is 0 Å². The number of nitrogens with zero attached hydrogens (tertiary/aromatic N) is 4. The summed E-state index contributed by atoms with van der Waals surface area (Å²) in [5, 5.41) is 6.72. The van der Waals surface area contributed by atoms with Crippen molar-refractivity contribution in [2.45, 2.75) is 44.3 Å². The van der Waals surface area contributed by atoms with Crippen LogP contribution in [-0.4, -0.2) is 76.8 Å². The Balaban J connectivity index is 1.84. The predicted octanol–water partition coefficient (Wildman–Crippen LogP) is 1.09. The molecule has 2 saturated heterocycles. The fourth-order valence-electron chi connectivity index (χ4n) is 3.75. The minimum Gasteiger partial charge on any atom is -0.340 e. The summed E-state index contributed by atoms with van der Waals surface area (Å²) in [4.78, 5) is 20.2. The van der Waals surface area contributed by atoms with Crippen molar-refractivity contribution in [2.24, 2.45) is 0 Å². The Kier molecular flexibility index (Phi) is 4.76. The molecule has 146 valence electrons. The summed E-state index contributed by atoms with van der Waals surface area (Å²) in [5.41, 5.74) is -3.17. The van der Waals surface area contributed by atoms with Crippen molar-refractivity contribution in [1.82, 2.24) is 25.3 Å². The lowest BCUT2D eigenvalue weighted by atomic mass is 9.86. The van der Waals surface area contributed by atoms with Crippen LogP contribution in [0.5, 0.6) is 0 Å². The number of aromatic nitrogens is 2. The van der Waals surface area contributed by atoms with Crippen LogP contribution in [0, 0.1) is 6.92 Å². The molecule has 1 aromatic rings. The van der Waals surface area contributed by atoms with Crippen LogP contribution in [0.15, 0.2) is 4.52 Å². The van der Waals surface area contributed by atoms with Crippen LogP contribution in [0.1, 0.15) is 32.0 Å². The van der Waals surface area contributed by atoms with E-state index in [1.54, 1.807) is 13.8 Å². The lowest BCUT2D eigenvalue weighted by molar-refractivity contribution is -0.194. The van der Waals surface area contributed by atoms with Crippen molar-refractivity contribution in [1.29, 1.82) is 0 Å². The molecular weight excluding hydrogens is 351 g/mol. The fourth-order valence-corrected chi connectivity index (χ4v) is 3.75. The van der Waals surface area contributed by atoms with Gasteiger partial charge in [-0.15, -0.1) is 0 Å². The van der Waals surface area contributed by atoms with Crippen LogP contribution >= 0.6 is 0 Å². The normalized spacial score (nSPS) is 25.7. The van der Waals surface area contributed by atoms with E-state index in [1.165, 1.54) is 11.8 Å². The molecule has 3 heterocycles. The van der Waals surface area contributed by atoms with E-state index in [2.05, 4.69) is 15.5 Å². The fraction of sp³-hybridized carbons (Fsp3) is 0.812. The average molecular weight is 375 g/mol. The highest BCUT2D eigenvalue weighted by Crippen LogP contribution is 2.47. The molecule has 26 heavy (non-hydrogen) atoms. The summed E-state index contributed by atoms with van der Waals surface area (Å²) < 4.78 is 46.6. The van der Waals surface area contributed by atoms with Gasteiger partial charge in [0.05, 0.1) is 5.54 Å². The van der Waals surface area contributed by atoms with Gasteiger partial charge in [0.25, 0.3) is 0 Å². The number of amides is 1. The van der Waals surface area contributed by atoms with Crippen molar-refractivity contribution in [3.8, 4) is 0 Å². The number of hydrogen-bond donors (Lipinski definition) is 1. The molecule has 1 N–H and O–H groups in total. The number of nitrogens with one attached hydrogen (secondary N) is 1. The molecule has 1 unspecified atom stereocenters. The Hall–Kier alpha value is -1.68. The van der Waals surface area contributed by atoms with Crippen LogP contribution in [0.2, 0.25) is 0 Å². The number of halogens is 3. The summed E-state index contributed by atoms with van der Waals surface area (Å²) in [5.74, 6) is -0.617. The third-order valence-corrected chi connectivity index (χ3v) is 5.47. The molecule has 7 nitrogen and oxygen atoms in total. The molecule has 0 radical (unpaired) electrons. The molecule has 3 rings (SSSR count). The smallest absolute Gasteiger partial charge is 0.340 e. The summed E-state index contributed by atoms with van der Waals surface area (Å²) >= 11 is 0. The first-order valence-corrected chi connectivity index (χ1v) is 8.70. The molecule has 1 atom stereocenters. The molecule has 0 bridgehead atoms. The molecule has 1 aromatic heterocycles. The second-order valence-electron chi connectivity index (χ2n) is 7.50. The number of alkyl halides is 3. The average Bonchev–Trinajstić information content (AvgIpc) is 3.21. The number of likely N-dealkylation sites (tertiary alicyclic amines) is 1. The molecule has 0 spiro atoms. The molecule has 0 saturated carbocycles. The third kappa shape index (κ3) is 3.09. The summed E-state index contributed by atoms with van der Waals surface area (Å²) in [6, 6.07) is 0. The van der Waals surface area contributed by atoms with Gasteiger partial charge in [0, 0.05) is 39.3 Å². The Morgan fingerprint density at radius 3 is 2.42 bits per heavy atom.